The van der Waals surface area contributed by atoms with Crippen LogP contribution in [0.4, 0.5) is 0 Å². The molecule has 5 rings (SSSR count). The standard InChI is InChI=1S/C29H38N4O6/c1-18-12-21(15-32(3)28(18)35)27-31-24-8-7-20(13-25(24)33(27)16-22-6-4-5-10-38-22)14-30-26(19(2)34)29(36)39-23-9-11-37-17-23/h7-8,12-13,15,19,22-23,26,30,34H,4-6,9-11,14,16-17H2,1-3H3/t19-,22?,23?,26+/m1/s1. The first-order valence-electron chi connectivity index (χ1n) is 13.8. The summed E-state index contributed by atoms with van der Waals surface area (Å²) in [6, 6.07) is 7.03. The highest BCUT2D eigenvalue weighted by Gasteiger charge is 2.29. The van der Waals surface area contributed by atoms with Gasteiger partial charge in [0.25, 0.3) is 5.56 Å². The molecule has 2 aliphatic heterocycles. The van der Waals surface area contributed by atoms with Gasteiger partial charge in [-0.3, -0.25) is 14.9 Å². The number of aromatic nitrogens is 3. The van der Waals surface area contributed by atoms with Gasteiger partial charge in [-0.15, -0.1) is 0 Å². The van der Waals surface area contributed by atoms with Gasteiger partial charge in [-0.2, -0.15) is 0 Å². The third-order valence-corrected chi connectivity index (χ3v) is 7.53. The maximum Gasteiger partial charge on any atom is 0.326 e. The number of esters is 1. The fourth-order valence-corrected chi connectivity index (χ4v) is 5.36. The number of hydrogen-bond donors (Lipinski definition) is 2. The molecular weight excluding hydrogens is 500 g/mol. The Labute approximate surface area is 227 Å². The summed E-state index contributed by atoms with van der Waals surface area (Å²) in [5.74, 6) is 0.306. The van der Waals surface area contributed by atoms with Gasteiger partial charge in [-0.25, -0.2) is 4.98 Å². The average molecular weight is 539 g/mol. The number of pyridine rings is 1. The molecule has 3 aromatic rings. The van der Waals surface area contributed by atoms with Gasteiger partial charge in [-0.05, 0) is 56.9 Å². The number of nitrogens with one attached hydrogen (secondary N) is 1. The molecule has 2 aliphatic rings. The first-order valence-corrected chi connectivity index (χ1v) is 13.8. The van der Waals surface area contributed by atoms with Gasteiger partial charge in [0, 0.05) is 43.9 Å². The number of carbonyl (C=O) groups is 1. The van der Waals surface area contributed by atoms with E-state index in [0.717, 1.165) is 53.9 Å². The molecule has 4 heterocycles. The maximum absolute atomic E-state index is 12.7. The summed E-state index contributed by atoms with van der Waals surface area (Å²) in [6.07, 6.45) is 4.57. The number of carbonyl (C=O) groups excluding carboxylic acids is 1. The van der Waals surface area contributed by atoms with Crippen LogP contribution in [-0.4, -0.2) is 69.4 Å². The number of aliphatic hydroxyl groups is 1. The molecule has 10 heteroatoms. The maximum atomic E-state index is 12.7. The predicted octanol–water partition coefficient (Wildman–Crippen LogP) is 2.45. The number of imidazole rings is 1. The van der Waals surface area contributed by atoms with Crippen molar-refractivity contribution in [3.63, 3.8) is 0 Å². The van der Waals surface area contributed by atoms with Crippen molar-refractivity contribution in [2.75, 3.05) is 19.8 Å². The van der Waals surface area contributed by atoms with Crippen molar-refractivity contribution in [1.29, 1.82) is 0 Å². The third-order valence-electron chi connectivity index (χ3n) is 7.53. The van der Waals surface area contributed by atoms with E-state index in [0.29, 0.717) is 38.3 Å². The van der Waals surface area contributed by atoms with E-state index < -0.39 is 18.1 Å². The molecule has 39 heavy (non-hydrogen) atoms. The fourth-order valence-electron chi connectivity index (χ4n) is 5.36. The Morgan fingerprint density at radius 3 is 2.79 bits per heavy atom. The molecule has 0 amide bonds. The molecule has 2 saturated heterocycles. The number of fused-ring (bicyclic) bond motifs is 1. The van der Waals surface area contributed by atoms with Gasteiger partial charge in [0.05, 0.1) is 43.0 Å². The van der Waals surface area contributed by atoms with Gasteiger partial charge < -0.3 is 28.5 Å². The van der Waals surface area contributed by atoms with E-state index in [1.165, 1.54) is 0 Å². The van der Waals surface area contributed by atoms with E-state index in [1.807, 2.05) is 31.3 Å². The number of hydrogen-bond acceptors (Lipinski definition) is 8. The first-order chi connectivity index (χ1) is 18.8. The van der Waals surface area contributed by atoms with Crippen molar-refractivity contribution in [3.05, 3.63) is 51.9 Å². The lowest BCUT2D eigenvalue weighted by Gasteiger charge is -2.24. The number of rotatable bonds is 9. The summed E-state index contributed by atoms with van der Waals surface area (Å²) in [7, 11) is 1.75. The highest BCUT2D eigenvalue weighted by Crippen LogP contribution is 2.28. The van der Waals surface area contributed by atoms with E-state index in [1.54, 1.807) is 18.5 Å². The molecule has 2 fully saturated rings. The summed E-state index contributed by atoms with van der Waals surface area (Å²) < 4.78 is 20.7. The van der Waals surface area contributed by atoms with Gasteiger partial charge >= 0.3 is 5.97 Å². The van der Waals surface area contributed by atoms with Crippen LogP contribution in [-0.2, 0) is 39.1 Å². The Morgan fingerprint density at radius 2 is 2.10 bits per heavy atom. The fraction of sp³-hybridized carbons (Fsp3) is 0.552. The van der Waals surface area contributed by atoms with Crippen LogP contribution in [0.1, 0.15) is 43.7 Å². The van der Waals surface area contributed by atoms with Crippen LogP contribution in [0.3, 0.4) is 0 Å². The highest BCUT2D eigenvalue weighted by atomic mass is 16.6. The lowest BCUT2D eigenvalue weighted by atomic mass is 10.1. The molecule has 0 saturated carbocycles. The third kappa shape index (κ3) is 6.24. The van der Waals surface area contributed by atoms with Crippen LogP contribution >= 0.6 is 0 Å². The van der Waals surface area contributed by atoms with Crippen LogP contribution in [0.15, 0.2) is 35.3 Å². The molecule has 210 valence electrons. The predicted molar refractivity (Wildman–Crippen MR) is 146 cm³/mol. The van der Waals surface area contributed by atoms with E-state index >= 15 is 0 Å². The normalized spacial score (nSPS) is 21.2. The van der Waals surface area contributed by atoms with E-state index in [2.05, 4.69) is 16.0 Å². The van der Waals surface area contributed by atoms with Crippen molar-refractivity contribution in [2.45, 2.75) is 77.0 Å². The number of ether oxygens (including phenoxy) is 3. The molecular formula is C29H38N4O6. The molecule has 2 N–H and O–H groups in total. The van der Waals surface area contributed by atoms with Gasteiger partial charge in [0.2, 0.25) is 0 Å². The Balaban J connectivity index is 1.43. The molecule has 2 unspecified atom stereocenters. The van der Waals surface area contributed by atoms with E-state index in [-0.39, 0.29) is 17.8 Å². The van der Waals surface area contributed by atoms with Crippen molar-refractivity contribution < 1.29 is 24.1 Å². The minimum Gasteiger partial charge on any atom is -0.459 e. The monoisotopic (exact) mass is 538 g/mol. The average Bonchev–Trinajstić information content (AvgIpc) is 3.55. The smallest absolute Gasteiger partial charge is 0.326 e. The topological polar surface area (TPSA) is 117 Å². The quantitative estimate of drug-likeness (QED) is 0.399. The second kappa shape index (κ2) is 12.0. The Bertz CT molecular complexity index is 1340. The van der Waals surface area contributed by atoms with Crippen molar-refractivity contribution >= 4 is 17.0 Å². The minimum atomic E-state index is -0.919. The van der Waals surface area contributed by atoms with Crippen molar-refractivity contribution in [3.8, 4) is 11.4 Å². The van der Waals surface area contributed by atoms with E-state index in [9.17, 15) is 14.7 Å². The second-order valence-corrected chi connectivity index (χ2v) is 10.7. The summed E-state index contributed by atoms with van der Waals surface area (Å²) in [5.41, 5.74) is 4.23. The molecule has 1 aromatic carbocycles. The van der Waals surface area contributed by atoms with Gasteiger partial charge in [0.15, 0.2) is 0 Å². The zero-order valence-electron chi connectivity index (χ0n) is 22.9. The molecule has 0 radical (unpaired) electrons. The van der Waals surface area contributed by atoms with Crippen molar-refractivity contribution in [2.24, 2.45) is 7.05 Å². The molecule has 0 aliphatic carbocycles. The summed E-state index contributed by atoms with van der Waals surface area (Å²) >= 11 is 0. The summed E-state index contributed by atoms with van der Waals surface area (Å²) in [4.78, 5) is 30.0. The molecule has 0 spiro atoms. The lowest BCUT2D eigenvalue weighted by Crippen LogP contribution is -2.46. The summed E-state index contributed by atoms with van der Waals surface area (Å²) in [5, 5.41) is 13.5. The van der Waals surface area contributed by atoms with E-state index in [4.69, 9.17) is 19.2 Å². The van der Waals surface area contributed by atoms with Crippen LogP contribution in [0.5, 0.6) is 0 Å². The number of benzene rings is 1. The second-order valence-electron chi connectivity index (χ2n) is 10.7. The van der Waals surface area contributed by atoms with Crippen LogP contribution in [0.2, 0.25) is 0 Å². The highest BCUT2D eigenvalue weighted by molar-refractivity contribution is 5.81. The van der Waals surface area contributed by atoms with Gasteiger partial charge in [0.1, 0.15) is 18.0 Å². The number of aryl methyl sites for hydroxylation is 2. The Morgan fingerprint density at radius 1 is 1.26 bits per heavy atom. The summed E-state index contributed by atoms with van der Waals surface area (Å²) in [6.45, 7) is 6.12. The zero-order valence-corrected chi connectivity index (χ0v) is 22.9. The van der Waals surface area contributed by atoms with Crippen LogP contribution < -0.4 is 10.9 Å². The molecule has 2 aromatic heterocycles. The van der Waals surface area contributed by atoms with Crippen LogP contribution in [0.25, 0.3) is 22.4 Å². The number of nitrogens with zero attached hydrogens (tertiary/aromatic N) is 3. The largest absolute Gasteiger partial charge is 0.459 e. The Kier molecular flexibility index (Phi) is 8.46. The van der Waals surface area contributed by atoms with Crippen LogP contribution in [0, 0.1) is 6.92 Å². The number of aliphatic hydroxyl groups excluding tert-OH is 1. The molecule has 0 bridgehead atoms. The minimum absolute atomic E-state index is 0.0305. The molecule has 4 atom stereocenters. The molecule has 10 nitrogen and oxygen atoms in total. The zero-order chi connectivity index (χ0) is 27.5. The Hall–Kier alpha value is -3.05. The lowest BCUT2D eigenvalue weighted by molar-refractivity contribution is -0.154. The van der Waals surface area contributed by atoms with Crippen molar-refractivity contribution in [1.82, 2.24) is 19.4 Å². The van der Waals surface area contributed by atoms with Gasteiger partial charge in [-0.1, -0.05) is 6.07 Å². The SMILES string of the molecule is Cc1cc(-c2nc3ccc(CN[C@H](C(=O)OC4CCOC4)[C@@H](C)O)cc3n2CC2CCCCO2)cn(C)c1=O. The first kappa shape index (κ1) is 27.5.